The van der Waals surface area contributed by atoms with Crippen molar-refractivity contribution in [1.82, 2.24) is 14.8 Å². The van der Waals surface area contributed by atoms with Gasteiger partial charge < -0.3 is 19.3 Å². The number of carbonyl (C=O) groups is 2. The molecule has 0 aliphatic carbocycles. The zero-order valence-corrected chi connectivity index (χ0v) is 18.5. The Balaban J connectivity index is 1.17. The van der Waals surface area contributed by atoms with Crippen LogP contribution in [0.5, 0.6) is 11.6 Å². The second kappa shape index (κ2) is 8.97. The molecular weight excluding hydrogens is 420 g/mol. The summed E-state index contributed by atoms with van der Waals surface area (Å²) in [6.45, 7) is 2.18. The van der Waals surface area contributed by atoms with Crippen LogP contribution in [0, 0.1) is 0 Å². The smallest absolute Gasteiger partial charge is 0.325 e. The highest BCUT2D eigenvalue weighted by Gasteiger charge is 2.35. The van der Waals surface area contributed by atoms with Gasteiger partial charge in [0.15, 0.2) is 0 Å². The molecule has 1 atom stereocenters. The fraction of sp³-hybridized carbons (Fsp3) is 0.320. The van der Waals surface area contributed by atoms with Gasteiger partial charge in [-0.2, -0.15) is 0 Å². The number of rotatable bonds is 6. The van der Waals surface area contributed by atoms with Gasteiger partial charge in [0, 0.05) is 37.5 Å². The molecule has 2 aromatic carbocycles. The number of hydrogen-bond acceptors (Lipinski definition) is 5. The fourth-order valence-electron chi connectivity index (χ4n) is 4.40. The van der Waals surface area contributed by atoms with E-state index >= 15 is 0 Å². The largest absolute Gasteiger partial charge is 0.495 e. The molecule has 8 heteroatoms. The van der Waals surface area contributed by atoms with Gasteiger partial charge in [-0.3, -0.25) is 9.69 Å². The molecule has 3 aromatic rings. The van der Waals surface area contributed by atoms with Gasteiger partial charge in [-0.05, 0) is 24.3 Å². The Hall–Kier alpha value is -3.81. The molecule has 3 amide bonds. The molecule has 1 aromatic heterocycles. The van der Waals surface area contributed by atoms with Crippen LogP contribution >= 0.6 is 0 Å². The molecule has 0 spiro atoms. The molecule has 0 radical (unpaired) electrons. The lowest BCUT2D eigenvalue weighted by Gasteiger charge is -2.22. The third-order valence-electron chi connectivity index (χ3n) is 6.16. The number of ether oxygens (including phenoxy) is 2. The highest BCUT2D eigenvalue weighted by molar-refractivity contribution is 5.97. The Morgan fingerprint density at radius 2 is 1.85 bits per heavy atom. The van der Waals surface area contributed by atoms with Crippen molar-refractivity contribution < 1.29 is 19.1 Å². The van der Waals surface area contributed by atoms with E-state index < -0.39 is 0 Å². The van der Waals surface area contributed by atoms with E-state index in [0.29, 0.717) is 37.8 Å². The Morgan fingerprint density at radius 3 is 2.73 bits per heavy atom. The van der Waals surface area contributed by atoms with Gasteiger partial charge in [0.25, 0.3) is 0 Å². The lowest BCUT2D eigenvalue weighted by atomic mass is 10.2. The van der Waals surface area contributed by atoms with Crippen molar-refractivity contribution in [2.24, 2.45) is 0 Å². The Kier molecular flexibility index (Phi) is 5.73. The summed E-state index contributed by atoms with van der Waals surface area (Å²) in [5.74, 6) is 1.14. The number of carbonyl (C=O) groups excluding carboxylic acids is 2. The van der Waals surface area contributed by atoms with Gasteiger partial charge in [-0.15, -0.1) is 0 Å². The number of aromatic nitrogens is 1. The lowest BCUT2D eigenvalue weighted by molar-refractivity contribution is -0.130. The number of nitrogens with zero attached hydrogens (tertiary/aromatic N) is 4. The van der Waals surface area contributed by atoms with Crippen LogP contribution in [0.25, 0.3) is 10.9 Å². The predicted octanol–water partition coefficient (Wildman–Crippen LogP) is 3.17. The van der Waals surface area contributed by atoms with Crippen LogP contribution in [0.4, 0.5) is 10.5 Å². The van der Waals surface area contributed by atoms with Crippen LogP contribution in [0.2, 0.25) is 0 Å². The molecule has 2 aliphatic rings. The maximum atomic E-state index is 12.9. The lowest BCUT2D eigenvalue weighted by Crippen LogP contribution is -2.42. The van der Waals surface area contributed by atoms with E-state index in [-0.39, 0.29) is 24.6 Å². The van der Waals surface area contributed by atoms with E-state index in [0.717, 1.165) is 23.0 Å². The number of amides is 3. The summed E-state index contributed by atoms with van der Waals surface area (Å²) in [6.07, 6.45) is 0.628. The van der Waals surface area contributed by atoms with E-state index in [4.69, 9.17) is 9.47 Å². The third kappa shape index (κ3) is 4.28. The van der Waals surface area contributed by atoms with Crippen molar-refractivity contribution in [2.45, 2.75) is 12.5 Å². The van der Waals surface area contributed by atoms with Gasteiger partial charge in [0.05, 0.1) is 24.9 Å². The maximum absolute atomic E-state index is 12.9. The second-order valence-corrected chi connectivity index (χ2v) is 8.24. The quantitative estimate of drug-likeness (QED) is 0.582. The summed E-state index contributed by atoms with van der Waals surface area (Å²) in [5.41, 5.74) is 1.60. The molecule has 0 N–H and O–H groups in total. The van der Waals surface area contributed by atoms with Crippen LogP contribution in [0.15, 0.2) is 60.7 Å². The van der Waals surface area contributed by atoms with Crippen LogP contribution in [0.1, 0.15) is 6.42 Å². The number of anilines is 1. The molecule has 170 valence electrons. The molecule has 0 bridgehead atoms. The zero-order chi connectivity index (χ0) is 22.8. The summed E-state index contributed by atoms with van der Waals surface area (Å²) in [7, 11) is 1.58. The fourth-order valence-corrected chi connectivity index (χ4v) is 4.40. The van der Waals surface area contributed by atoms with Crippen molar-refractivity contribution in [3.05, 3.63) is 60.7 Å². The first-order valence-electron chi connectivity index (χ1n) is 11.1. The number of hydrogen-bond donors (Lipinski definition) is 0. The van der Waals surface area contributed by atoms with Crippen LogP contribution in [-0.2, 0) is 4.79 Å². The average Bonchev–Trinajstić information content (AvgIpc) is 3.46. The molecule has 8 nitrogen and oxygen atoms in total. The first-order chi connectivity index (χ1) is 16.1. The number of pyridine rings is 1. The highest BCUT2D eigenvalue weighted by Crippen LogP contribution is 2.30. The van der Waals surface area contributed by atoms with E-state index in [1.165, 1.54) is 0 Å². The van der Waals surface area contributed by atoms with Crippen LogP contribution in [0.3, 0.4) is 0 Å². The Labute approximate surface area is 192 Å². The topological polar surface area (TPSA) is 75.2 Å². The van der Waals surface area contributed by atoms with Crippen LogP contribution < -0.4 is 14.4 Å². The zero-order valence-electron chi connectivity index (χ0n) is 18.5. The maximum Gasteiger partial charge on any atom is 0.325 e. The van der Waals surface area contributed by atoms with Crippen molar-refractivity contribution in [2.75, 3.05) is 44.7 Å². The molecule has 33 heavy (non-hydrogen) atoms. The average molecular weight is 447 g/mol. The highest BCUT2D eigenvalue weighted by atomic mass is 16.5. The molecule has 1 unspecified atom stereocenters. The van der Waals surface area contributed by atoms with Crippen molar-refractivity contribution in [3.8, 4) is 11.6 Å². The monoisotopic (exact) mass is 446 g/mol. The SMILES string of the molecule is COc1ccccc1N1CCN(CC(=O)N2CCC(Oc3ccc4ccccc4n3)C2)C1=O. The third-order valence-corrected chi connectivity index (χ3v) is 6.16. The van der Waals surface area contributed by atoms with Crippen molar-refractivity contribution >= 4 is 28.5 Å². The molecule has 2 aliphatic heterocycles. The Bertz CT molecular complexity index is 1180. The van der Waals surface area contributed by atoms with Gasteiger partial charge >= 0.3 is 6.03 Å². The molecule has 3 heterocycles. The summed E-state index contributed by atoms with van der Waals surface area (Å²) in [5, 5.41) is 1.06. The first-order valence-corrected chi connectivity index (χ1v) is 11.1. The van der Waals surface area contributed by atoms with Gasteiger partial charge in [0.1, 0.15) is 18.4 Å². The van der Waals surface area contributed by atoms with Crippen LogP contribution in [-0.4, -0.2) is 72.7 Å². The van der Waals surface area contributed by atoms with E-state index in [1.54, 1.807) is 21.8 Å². The second-order valence-electron chi connectivity index (χ2n) is 8.24. The normalized spacial score (nSPS) is 18.3. The minimum absolute atomic E-state index is 0.0609. The van der Waals surface area contributed by atoms with Crippen molar-refractivity contribution in [1.29, 1.82) is 0 Å². The number of fused-ring (bicyclic) bond motifs is 1. The predicted molar refractivity (Wildman–Crippen MR) is 125 cm³/mol. The van der Waals surface area contributed by atoms with Gasteiger partial charge in [-0.1, -0.05) is 30.3 Å². The van der Waals surface area contributed by atoms with Gasteiger partial charge in [0.2, 0.25) is 11.8 Å². The number of para-hydroxylation sites is 3. The summed E-state index contributed by atoms with van der Waals surface area (Å²) in [4.78, 5) is 35.4. The number of urea groups is 1. The molecule has 2 fully saturated rings. The molecule has 5 rings (SSSR count). The Morgan fingerprint density at radius 1 is 1.03 bits per heavy atom. The molecule has 2 saturated heterocycles. The van der Waals surface area contributed by atoms with E-state index in [1.807, 2.05) is 60.7 Å². The summed E-state index contributed by atoms with van der Waals surface area (Å²) < 4.78 is 11.4. The number of likely N-dealkylation sites (tertiary alicyclic amines) is 1. The standard InChI is InChI=1S/C25H26N4O4/c1-32-22-9-5-4-8-21(22)29-15-14-28(25(29)31)17-24(30)27-13-12-19(16-27)33-23-11-10-18-6-2-3-7-20(18)26-23/h2-11,19H,12-17H2,1H3. The first kappa shape index (κ1) is 21.1. The van der Waals surface area contributed by atoms with E-state index in [2.05, 4.69) is 4.98 Å². The minimum atomic E-state index is -0.180. The summed E-state index contributed by atoms with van der Waals surface area (Å²) >= 11 is 0. The van der Waals surface area contributed by atoms with Gasteiger partial charge in [-0.25, -0.2) is 9.78 Å². The minimum Gasteiger partial charge on any atom is -0.495 e. The summed E-state index contributed by atoms with van der Waals surface area (Å²) in [6, 6.07) is 19.0. The number of methoxy groups -OCH3 is 1. The number of benzene rings is 2. The van der Waals surface area contributed by atoms with Crippen molar-refractivity contribution in [3.63, 3.8) is 0 Å². The molecular formula is C25H26N4O4. The molecule has 0 saturated carbocycles. The van der Waals surface area contributed by atoms with E-state index in [9.17, 15) is 9.59 Å².